The van der Waals surface area contributed by atoms with Gasteiger partial charge in [-0.2, -0.15) is 5.26 Å². The lowest BCUT2D eigenvalue weighted by atomic mass is 10.1. The second-order valence-electron chi connectivity index (χ2n) is 6.83. The molecule has 2 heterocycles. The lowest BCUT2D eigenvalue weighted by Crippen LogP contribution is -2.03. The second kappa shape index (κ2) is 8.83. The SMILES string of the molecule is CCc1ccc(N/C=C(\C#N)c2nc(-c3cc4cc([N+](=O)[O-])ccc4oc3=O)cs2)cc1. The third-order valence-electron chi connectivity index (χ3n) is 4.80. The van der Waals surface area contributed by atoms with Gasteiger partial charge in [0.05, 0.1) is 16.2 Å². The van der Waals surface area contributed by atoms with Gasteiger partial charge in [0.15, 0.2) is 0 Å². The van der Waals surface area contributed by atoms with Crippen LogP contribution in [0.25, 0.3) is 27.8 Å². The van der Waals surface area contributed by atoms with E-state index in [-0.39, 0.29) is 16.8 Å². The van der Waals surface area contributed by atoms with E-state index < -0.39 is 10.5 Å². The Morgan fingerprint density at radius 2 is 2.06 bits per heavy atom. The molecule has 0 fully saturated rings. The molecule has 0 atom stereocenters. The standard InChI is InChI=1S/C23H16N4O4S/c1-2-14-3-5-17(6-4-14)25-12-16(11-24)22-26-20(13-32-22)19-10-15-9-18(27(29)30)7-8-21(15)31-23(19)28/h3-10,12-13,25H,2H2,1H3/b16-12+. The van der Waals surface area contributed by atoms with Gasteiger partial charge >= 0.3 is 5.63 Å². The number of allylic oxidation sites excluding steroid dienone is 1. The third-order valence-corrected chi connectivity index (χ3v) is 5.68. The van der Waals surface area contributed by atoms with E-state index in [1.165, 1.54) is 41.2 Å². The van der Waals surface area contributed by atoms with Crippen molar-refractivity contribution in [2.45, 2.75) is 13.3 Å². The number of nitrogens with one attached hydrogen (secondary N) is 1. The summed E-state index contributed by atoms with van der Waals surface area (Å²) in [4.78, 5) is 27.4. The molecule has 0 saturated carbocycles. The lowest BCUT2D eigenvalue weighted by Gasteiger charge is -2.03. The quantitative estimate of drug-likeness (QED) is 0.184. The minimum atomic E-state index is -0.611. The van der Waals surface area contributed by atoms with Gasteiger partial charge in [0, 0.05) is 34.8 Å². The summed E-state index contributed by atoms with van der Waals surface area (Å²) in [5.74, 6) is 0. The van der Waals surface area contributed by atoms with Crippen molar-refractivity contribution in [2.75, 3.05) is 5.32 Å². The minimum absolute atomic E-state index is 0.107. The van der Waals surface area contributed by atoms with Gasteiger partial charge in [-0.1, -0.05) is 19.1 Å². The van der Waals surface area contributed by atoms with Crippen LogP contribution < -0.4 is 10.9 Å². The van der Waals surface area contributed by atoms with Crippen LogP contribution in [0, 0.1) is 21.4 Å². The zero-order valence-electron chi connectivity index (χ0n) is 16.9. The fraction of sp³-hybridized carbons (Fsp3) is 0.0870. The maximum absolute atomic E-state index is 12.4. The van der Waals surface area contributed by atoms with Crippen molar-refractivity contribution in [1.82, 2.24) is 4.98 Å². The summed E-state index contributed by atoms with van der Waals surface area (Å²) in [5.41, 5.74) is 2.38. The van der Waals surface area contributed by atoms with Crippen molar-refractivity contribution in [3.63, 3.8) is 0 Å². The molecule has 0 saturated heterocycles. The molecule has 8 nitrogen and oxygen atoms in total. The molecule has 0 unspecified atom stereocenters. The molecule has 0 radical (unpaired) electrons. The zero-order valence-corrected chi connectivity index (χ0v) is 17.7. The van der Waals surface area contributed by atoms with Crippen molar-refractivity contribution < 1.29 is 9.34 Å². The van der Waals surface area contributed by atoms with Crippen LogP contribution in [0.3, 0.4) is 0 Å². The highest BCUT2D eigenvalue weighted by Gasteiger charge is 2.15. The van der Waals surface area contributed by atoms with E-state index in [0.717, 1.165) is 12.1 Å². The number of non-ortho nitro benzene ring substituents is 1. The molecule has 32 heavy (non-hydrogen) atoms. The molecule has 0 aliphatic carbocycles. The number of nitrogens with zero attached hydrogens (tertiary/aromatic N) is 3. The Bertz CT molecular complexity index is 1450. The average Bonchev–Trinajstić information content (AvgIpc) is 3.29. The summed E-state index contributed by atoms with van der Waals surface area (Å²) in [6.45, 7) is 2.08. The van der Waals surface area contributed by atoms with E-state index in [4.69, 9.17) is 4.42 Å². The summed E-state index contributed by atoms with van der Waals surface area (Å²) in [6.07, 6.45) is 2.51. The molecule has 2 aromatic heterocycles. The predicted molar refractivity (Wildman–Crippen MR) is 123 cm³/mol. The van der Waals surface area contributed by atoms with Gasteiger partial charge in [0.1, 0.15) is 22.2 Å². The summed E-state index contributed by atoms with van der Waals surface area (Å²) in [6, 6.07) is 15.5. The lowest BCUT2D eigenvalue weighted by molar-refractivity contribution is -0.384. The molecule has 4 rings (SSSR count). The van der Waals surface area contributed by atoms with Crippen molar-refractivity contribution in [3.05, 3.63) is 91.2 Å². The van der Waals surface area contributed by atoms with Crippen LogP contribution in [0.4, 0.5) is 11.4 Å². The first-order valence-electron chi connectivity index (χ1n) is 9.63. The second-order valence-corrected chi connectivity index (χ2v) is 7.69. The normalized spacial score (nSPS) is 11.3. The highest BCUT2D eigenvalue weighted by atomic mass is 32.1. The summed E-state index contributed by atoms with van der Waals surface area (Å²) >= 11 is 1.21. The van der Waals surface area contributed by atoms with Crippen LogP contribution >= 0.6 is 11.3 Å². The Hall–Kier alpha value is -4.29. The van der Waals surface area contributed by atoms with E-state index in [2.05, 4.69) is 23.3 Å². The number of aromatic nitrogens is 1. The number of aryl methyl sites for hydroxylation is 1. The molecular weight excluding hydrogens is 428 g/mol. The van der Waals surface area contributed by atoms with Gasteiger partial charge in [-0.3, -0.25) is 10.1 Å². The molecule has 158 valence electrons. The smallest absolute Gasteiger partial charge is 0.345 e. The molecule has 4 aromatic rings. The van der Waals surface area contributed by atoms with Crippen LogP contribution in [0.1, 0.15) is 17.5 Å². The molecule has 9 heteroatoms. The van der Waals surface area contributed by atoms with Crippen molar-refractivity contribution in [2.24, 2.45) is 0 Å². The number of nitro groups is 1. The molecular formula is C23H16N4O4S. The summed E-state index contributed by atoms with van der Waals surface area (Å²) in [5, 5.41) is 26.2. The van der Waals surface area contributed by atoms with Gasteiger partial charge in [0.25, 0.3) is 5.69 Å². The number of hydrogen-bond acceptors (Lipinski definition) is 8. The van der Waals surface area contributed by atoms with E-state index in [1.54, 1.807) is 11.6 Å². The number of rotatable bonds is 6. The predicted octanol–water partition coefficient (Wildman–Crippen LogP) is 5.36. The van der Waals surface area contributed by atoms with Crippen molar-refractivity contribution in [3.8, 4) is 17.3 Å². The Balaban J connectivity index is 1.65. The van der Waals surface area contributed by atoms with Crippen molar-refractivity contribution in [1.29, 1.82) is 5.26 Å². The molecule has 2 aromatic carbocycles. The molecule has 0 bridgehead atoms. The van der Waals surface area contributed by atoms with E-state index >= 15 is 0 Å². The highest BCUT2D eigenvalue weighted by Crippen LogP contribution is 2.28. The van der Waals surface area contributed by atoms with Crippen molar-refractivity contribution >= 4 is 39.3 Å². The topological polar surface area (TPSA) is 122 Å². The fourth-order valence-electron chi connectivity index (χ4n) is 3.06. The first-order valence-corrected chi connectivity index (χ1v) is 10.5. The van der Waals surface area contributed by atoms with Crippen LogP contribution in [0.15, 0.2) is 69.3 Å². The van der Waals surface area contributed by atoms with Gasteiger partial charge in [-0.25, -0.2) is 9.78 Å². The maximum Gasteiger partial charge on any atom is 0.345 e. The zero-order chi connectivity index (χ0) is 22.7. The van der Waals surface area contributed by atoms with E-state index in [0.29, 0.717) is 21.7 Å². The number of thiazole rings is 1. The monoisotopic (exact) mass is 444 g/mol. The number of nitro benzene ring substituents is 1. The number of fused-ring (bicyclic) bond motifs is 1. The Morgan fingerprint density at radius 1 is 1.28 bits per heavy atom. The molecule has 0 aliphatic rings. The molecule has 0 spiro atoms. The van der Waals surface area contributed by atoms with Gasteiger partial charge < -0.3 is 9.73 Å². The first kappa shape index (κ1) is 21.0. The minimum Gasteiger partial charge on any atom is -0.422 e. The molecule has 0 amide bonds. The van der Waals surface area contributed by atoms with Crippen LogP contribution in [0.5, 0.6) is 0 Å². The van der Waals surface area contributed by atoms with Crippen LogP contribution in [-0.2, 0) is 6.42 Å². The highest BCUT2D eigenvalue weighted by molar-refractivity contribution is 7.11. The number of nitriles is 1. The Kier molecular flexibility index (Phi) is 5.79. The number of hydrogen-bond donors (Lipinski definition) is 1. The molecule has 0 aliphatic heterocycles. The van der Waals surface area contributed by atoms with Crippen LogP contribution in [-0.4, -0.2) is 9.91 Å². The van der Waals surface area contributed by atoms with E-state index in [1.807, 2.05) is 24.3 Å². The first-order chi connectivity index (χ1) is 15.5. The Labute approximate surface area is 186 Å². The number of anilines is 1. The largest absolute Gasteiger partial charge is 0.422 e. The summed E-state index contributed by atoms with van der Waals surface area (Å²) < 4.78 is 5.30. The van der Waals surface area contributed by atoms with Gasteiger partial charge in [0.2, 0.25) is 0 Å². The maximum atomic E-state index is 12.4. The van der Waals surface area contributed by atoms with Gasteiger partial charge in [-0.15, -0.1) is 11.3 Å². The summed E-state index contributed by atoms with van der Waals surface area (Å²) in [7, 11) is 0. The van der Waals surface area contributed by atoms with E-state index in [9.17, 15) is 20.2 Å². The number of benzene rings is 2. The van der Waals surface area contributed by atoms with Crippen LogP contribution in [0.2, 0.25) is 0 Å². The Morgan fingerprint density at radius 3 is 2.75 bits per heavy atom. The molecule has 1 N–H and O–H groups in total. The third kappa shape index (κ3) is 4.26. The average molecular weight is 444 g/mol. The fourth-order valence-corrected chi connectivity index (χ4v) is 3.84. The van der Waals surface area contributed by atoms with Gasteiger partial charge in [-0.05, 0) is 36.2 Å².